The number of aromatic nitrogens is 1. The Labute approximate surface area is 204 Å². The molecule has 1 aliphatic rings. The Bertz CT molecular complexity index is 1280. The molecule has 0 saturated carbocycles. The van der Waals surface area contributed by atoms with Crippen molar-refractivity contribution in [3.05, 3.63) is 65.2 Å². The third-order valence-electron chi connectivity index (χ3n) is 5.56. The molecule has 1 amide bonds. The van der Waals surface area contributed by atoms with Crippen LogP contribution in [-0.4, -0.2) is 31.7 Å². The van der Waals surface area contributed by atoms with E-state index in [9.17, 15) is 13.2 Å². The first kappa shape index (κ1) is 24.1. The molecule has 2 N–H and O–H groups in total. The number of sulfonamides is 1. The predicted molar refractivity (Wildman–Crippen MR) is 137 cm³/mol. The van der Waals surface area contributed by atoms with E-state index in [4.69, 9.17) is 0 Å². The standard InChI is InChI=1S/C25H28N4O3S2/c1-2-18-10-12-19(13-11-18)25-28-21(17-33-25)16-24(30)27-20-7-6-8-22(15-20)34(31,32)29-23-9-4-3-5-14-26-23/h6-8,10-13,15,17H,2-5,9,14,16H2,1H3,(H,26,29)(H,27,30). The molecule has 1 aliphatic heterocycles. The number of aryl methyl sites for hydroxylation is 1. The minimum absolute atomic E-state index is 0.0868. The van der Waals surface area contributed by atoms with Gasteiger partial charge in [0.15, 0.2) is 0 Å². The summed E-state index contributed by atoms with van der Waals surface area (Å²) >= 11 is 1.50. The molecular formula is C25H28N4O3S2. The second kappa shape index (κ2) is 10.9. The van der Waals surface area contributed by atoms with Gasteiger partial charge in [-0.2, -0.15) is 0 Å². The van der Waals surface area contributed by atoms with Gasteiger partial charge < -0.3 is 5.32 Å². The molecule has 4 rings (SSSR count). The molecule has 1 aromatic heterocycles. The monoisotopic (exact) mass is 496 g/mol. The number of aliphatic imine (C=N–C) groups is 1. The number of hydrogen-bond donors (Lipinski definition) is 2. The summed E-state index contributed by atoms with van der Waals surface area (Å²) in [6, 6.07) is 14.5. The van der Waals surface area contributed by atoms with Crippen LogP contribution in [0.5, 0.6) is 0 Å². The van der Waals surface area contributed by atoms with Gasteiger partial charge in [-0.3, -0.25) is 14.5 Å². The fraction of sp³-hybridized carbons (Fsp3) is 0.320. The maximum atomic E-state index is 12.8. The van der Waals surface area contributed by atoms with Crippen molar-refractivity contribution >= 4 is 38.8 Å². The van der Waals surface area contributed by atoms with Gasteiger partial charge in [-0.25, -0.2) is 13.4 Å². The summed E-state index contributed by atoms with van der Waals surface area (Å²) in [5, 5.41) is 5.53. The van der Waals surface area contributed by atoms with Gasteiger partial charge in [0.1, 0.15) is 10.8 Å². The maximum absolute atomic E-state index is 12.8. The number of nitrogens with one attached hydrogen (secondary N) is 2. The molecule has 0 aliphatic carbocycles. The highest BCUT2D eigenvalue weighted by atomic mass is 32.2. The third kappa shape index (κ3) is 6.30. The van der Waals surface area contributed by atoms with E-state index in [1.807, 2.05) is 17.5 Å². The second-order valence-corrected chi connectivity index (χ2v) is 10.7. The number of rotatable bonds is 7. The third-order valence-corrected chi connectivity index (χ3v) is 7.88. The highest BCUT2D eigenvalue weighted by Gasteiger charge is 2.18. The molecule has 0 atom stereocenters. The minimum atomic E-state index is -3.77. The van der Waals surface area contributed by atoms with Crippen LogP contribution < -0.4 is 10.0 Å². The van der Waals surface area contributed by atoms with Gasteiger partial charge in [0.25, 0.3) is 10.0 Å². The molecule has 0 radical (unpaired) electrons. The van der Waals surface area contributed by atoms with Crippen molar-refractivity contribution in [3.63, 3.8) is 0 Å². The van der Waals surface area contributed by atoms with E-state index < -0.39 is 10.0 Å². The van der Waals surface area contributed by atoms with Crippen LogP contribution in [0.1, 0.15) is 43.9 Å². The first-order valence-corrected chi connectivity index (χ1v) is 13.8. The number of anilines is 1. The van der Waals surface area contributed by atoms with Gasteiger partial charge >= 0.3 is 0 Å². The van der Waals surface area contributed by atoms with Gasteiger partial charge in [0, 0.05) is 29.6 Å². The number of carbonyl (C=O) groups is 1. The average Bonchev–Trinajstić information content (AvgIpc) is 3.14. The topological polar surface area (TPSA) is 101 Å². The first-order chi connectivity index (χ1) is 16.4. The molecule has 2 aromatic carbocycles. The molecule has 7 nitrogen and oxygen atoms in total. The summed E-state index contributed by atoms with van der Waals surface area (Å²) in [5.74, 6) is 0.240. The number of amides is 1. The van der Waals surface area contributed by atoms with Crippen molar-refractivity contribution in [1.29, 1.82) is 0 Å². The van der Waals surface area contributed by atoms with Gasteiger partial charge in [0.05, 0.1) is 17.0 Å². The summed E-state index contributed by atoms with van der Waals surface area (Å²) in [5.41, 5.74) is 3.38. The normalized spacial score (nSPS) is 14.2. The van der Waals surface area contributed by atoms with Gasteiger partial charge in [-0.15, -0.1) is 11.3 Å². The minimum Gasteiger partial charge on any atom is -0.326 e. The van der Waals surface area contributed by atoms with Crippen molar-refractivity contribution in [2.24, 2.45) is 4.99 Å². The molecule has 3 aromatic rings. The predicted octanol–water partition coefficient (Wildman–Crippen LogP) is 4.80. The Balaban J connectivity index is 1.39. The molecule has 0 saturated heterocycles. The molecule has 34 heavy (non-hydrogen) atoms. The zero-order chi connectivity index (χ0) is 24.0. The number of thiazole rings is 1. The summed E-state index contributed by atoms with van der Waals surface area (Å²) in [6.07, 6.45) is 4.64. The van der Waals surface area contributed by atoms with Crippen LogP contribution in [0.2, 0.25) is 0 Å². The quantitative estimate of drug-likeness (QED) is 0.490. The highest BCUT2D eigenvalue weighted by molar-refractivity contribution is 7.90. The summed E-state index contributed by atoms with van der Waals surface area (Å²) < 4.78 is 28.2. The van der Waals surface area contributed by atoms with Crippen molar-refractivity contribution in [1.82, 2.24) is 9.71 Å². The van der Waals surface area contributed by atoms with E-state index in [2.05, 4.69) is 39.1 Å². The van der Waals surface area contributed by atoms with E-state index in [1.54, 1.807) is 12.1 Å². The van der Waals surface area contributed by atoms with E-state index in [0.717, 1.165) is 36.3 Å². The molecular weight excluding hydrogens is 468 g/mol. The van der Waals surface area contributed by atoms with Crippen LogP contribution in [0.4, 0.5) is 5.69 Å². The largest absolute Gasteiger partial charge is 0.326 e. The zero-order valence-electron chi connectivity index (χ0n) is 19.1. The van der Waals surface area contributed by atoms with Crippen molar-refractivity contribution < 1.29 is 13.2 Å². The van der Waals surface area contributed by atoms with Crippen LogP contribution in [0.25, 0.3) is 10.6 Å². The molecule has 2 heterocycles. The number of benzene rings is 2. The van der Waals surface area contributed by atoms with Gasteiger partial charge in [0.2, 0.25) is 5.91 Å². The lowest BCUT2D eigenvalue weighted by Crippen LogP contribution is -2.30. The number of carbonyl (C=O) groups excluding carboxylic acids is 1. The SMILES string of the molecule is CCc1ccc(-c2nc(CC(=O)Nc3cccc(S(=O)(=O)NC4=NCCCCC4)c3)cs2)cc1. The second-order valence-electron chi connectivity index (χ2n) is 8.19. The Morgan fingerprint density at radius 3 is 2.71 bits per heavy atom. The molecule has 0 fully saturated rings. The molecule has 178 valence electrons. The fourth-order valence-corrected chi connectivity index (χ4v) is 5.65. The first-order valence-electron chi connectivity index (χ1n) is 11.4. The smallest absolute Gasteiger partial charge is 0.262 e. The Hall–Kier alpha value is -3.04. The van der Waals surface area contributed by atoms with Crippen molar-refractivity contribution in [2.75, 3.05) is 11.9 Å². The molecule has 9 heteroatoms. The molecule has 0 bridgehead atoms. The van der Waals surface area contributed by atoms with Crippen LogP contribution in [0, 0.1) is 0 Å². The fourth-order valence-electron chi connectivity index (χ4n) is 3.69. The number of hydrogen-bond acceptors (Lipinski definition) is 6. The number of amidine groups is 1. The van der Waals surface area contributed by atoms with E-state index in [0.29, 0.717) is 30.2 Å². The Morgan fingerprint density at radius 1 is 1.09 bits per heavy atom. The zero-order valence-corrected chi connectivity index (χ0v) is 20.7. The Kier molecular flexibility index (Phi) is 7.74. The van der Waals surface area contributed by atoms with Crippen LogP contribution >= 0.6 is 11.3 Å². The summed E-state index contributed by atoms with van der Waals surface area (Å²) in [6.45, 7) is 2.75. The number of nitrogens with zero attached hydrogens (tertiary/aromatic N) is 2. The lowest BCUT2D eigenvalue weighted by atomic mass is 10.1. The van der Waals surface area contributed by atoms with Gasteiger partial charge in [-0.1, -0.05) is 43.7 Å². The lowest BCUT2D eigenvalue weighted by molar-refractivity contribution is -0.115. The van der Waals surface area contributed by atoms with Crippen LogP contribution in [0.3, 0.4) is 0 Å². The Morgan fingerprint density at radius 2 is 1.91 bits per heavy atom. The average molecular weight is 497 g/mol. The lowest BCUT2D eigenvalue weighted by Gasteiger charge is -2.11. The van der Waals surface area contributed by atoms with E-state index in [-0.39, 0.29) is 17.2 Å². The summed E-state index contributed by atoms with van der Waals surface area (Å²) in [7, 11) is -3.77. The van der Waals surface area contributed by atoms with Gasteiger partial charge in [-0.05, 0) is 43.0 Å². The summed E-state index contributed by atoms with van der Waals surface area (Å²) in [4.78, 5) is 21.6. The molecule has 0 unspecified atom stereocenters. The van der Waals surface area contributed by atoms with Crippen LogP contribution in [-0.2, 0) is 27.7 Å². The van der Waals surface area contributed by atoms with Crippen LogP contribution in [0.15, 0.2) is 63.8 Å². The maximum Gasteiger partial charge on any atom is 0.262 e. The molecule has 0 spiro atoms. The van der Waals surface area contributed by atoms with E-state index in [1.165, 1.54) is 29.0 Å². The van der Waals surface area contributed by atoms with Crippen molar-refractivity contribution in [3.8, 4) is 10.6 Å². The highest BCUT2D eigenvalue weighted by Crippen LogP contribution is 2.25. The van der Waals surface area contributed by atoms with Crippen molar-refractivity contribution in [2.45, 2.75) is 50.3 Å². The van der Waals surface area contributed by atoms with E-state index >= 15 is 0 Å².